The molecule has 1 saturated heterocycles. The van der Waals surface area contributed by atoms with Crippen LogP contribution in [0.5, 0.6) is 0 Å². The molecular formula is C14H17FN2O. The molecule has 1 aromatic rings. The van der Waals surface area contributed by atoms with Gasteiger partial charge in [-0.05, 0) is 37.5 Å². The van der Waals surface area contributed by atoms with Crippen LogP contribution in [0.1, 0.15) is 24.5 Å². The first-order valence-corrected chi connectivity index (χ1v) is 6.21. The van der Waals surface area contributed by atoms with E-state index in [9.17, 15) is 4.39 Å². The minimum Gasteiger partial charge on any atom is -0.378 e. The van der Waals surface area contributed by atoms with E-state index in [1.165, 1.54) is 12.1 Å². The van der Waals surface area contributed by atoms with Crippen molar-refractivity contribution < 1.29 is 9.13 Å². The van der Waals surface area contributed by atoms with Gasteiger partial charge in [-0.3, -0.25) is 0 Å². The number of halogens is 1. The third-order valence-corrected chi connectivity index (χ3v) is 3.43. The Hall–Kier alpha value is -1.44. The minimum absolute atomic E-state index is 0.266. The van der Waals surface area contributed by atoms with Gasteiger partial charge >= 0.3 is 0 Å². The van der Waals surface area contributed by atoms with Gasteiger partial charge in [-0.1, -0.05) is 0 Å². The smallest absolute Gasteiger partial charge is 0.127 e. The molecule has 2 unspecified atom stereocenters. The molecule has 1 aromatic carbocycles. The van der Waals surface area contributed by atoms with Crippen LogP contribution >= 0.6 is 0 Å². The maximum atomic E-state index is 13.5. The Labute approximate surface area is 107 Å². The molecule has 18 heavy (non-hydrogen) atoms. The fourth-order valence-corrected chi connectivity index (χ4v) is 2.22. The monoisotopic (exact) mass is 248 g/mol. The fraction of sp³-hybridized carbons (Fsp3) is 0.500. The van der Waals surface area contributed by atoms with Crippen molar-refractivity contribution in [2.24, 2.45) is 5.92 Å². The van der Waals surface area contributed by atoms with E-state index < -0.39 is 0 Å². The number of ether oxygens (including phenoxy) is 1. The molecule has 0 amide bonds. The normalized spacial score (nSPS) is 22.9. The molecule has 0 aliphatic carbocycles. The first kappa shape index (κ1) is 13.0. The molecule has 2 atom stereocenters. The fourth-order valence-electron chi connectivity index (χ4n) is 2.22. The Morgan fingerprint density at radius 3 is 3.06 bits per heavy atom. The summed E-state index contributed by atoms with van der Waals surface area (Å²) in [7, 11) is 0. The van der Waals surface area contributed by atoms with Crippen LogP contribution in [0.25, 0.3) is 0 Å². The summed E-state index contributed by atoms with van der Waals surface area (Å²) in [6.07, 6.45) is 1.32. The van der Waals surface area contributed by atoms with E-state index in [0.717, 1.165) is 19.6 Å². The maximum absolute atomic E-state index is 13.5. The van der Waals surface area contributed by atoms with Crippen molar-refractivity contribution in [3.05, 3.63) is 35.1 Å². The van der Waals surface area contributed by atoms with E-state index in [2.05, 4.69) is 12.2 Å². The summed E-state index contributed by atoms with van der Waals surface area (Å²) < 4.78 is 19.0. The summed E-state index contributed by atoms with van der Waals surface area (Å²) in [5.41, 5.74) is 1.03. The Balaban J connectivity index is 1.88. The SMILES string of the molecule is CC1OCCC1CNCc1cc(C#N)ccc1F. The van der Waals surface area contributed by atoms with Gasteiger partial charge in [0.2, 0.25) is 0 Å². The molecule has 0 bridgehead atoms. The van der Waals surface area contributed by atoms with Crippen molar-refractivity contribution >= 4 is 0 Å². The Morgan fingerprint density at radius 1 is 1.56 bits per heavy atom. The summed E-state index contributed by atoms with van der Waals surface area (Å²) in [6, 6.07) is 6.45. The summed E-state index contributed by atoms with van der Waals surface area (Å²) in [5.74, 6) is 0.226. The summed E-state index contributed by atoms with van der Waals surface area (Å²) in [6.45, 7) is 4.14. The lowest BCUT2D eigenvalue weighted by atomic mass is 10.0. The molecule has 1 heterocycles. The number of nitrogens with zero attached hydrogens (tertiary/aromatic N) is 1. The highest BCUT2D eigenvalue weighted by Gasteiger charge is 2.23. The predicted molar refractivity (Wildman–Crippen MR) is 66.3 cm³/mol. The summed E-state index contributed by atoms with van der Waals surface area (Å²) >= 11 is 0. The molecule has 3 nitrogen and oxygen atoms in total. The molecule has 0 aromatic heterocycles. The van der Waals surface area contributed by atoms with E-state index in [1.54, 1.807) is 6.07 Å². The van der Waals surface area contributed by atoms with Crippen LogP contribution in [0.15, 0.2) is 18.2 Å². The van der Waals surface area contributed by atoms with Crippen LogP contribution in [0.4, 0.5) is 4.39 Å². The second-order valence-corrected chi connectivity index (χ2v) is 4.67. The van der Waals surface area contributed by atoms with Gasteiger partial charge in [0.1, 0.15) is 5.82 Å². The topological polar surface area (TPSA) is 45.0 Å². The zero-order valence-corrected chi connectivity index (χ0v) is 10.4. The average Bonchev–Trinajstić information content (AvgIpc) is 2.77. The Kier molecular flexibility index (Phi) is 4.29. The maximum Gasteiger partial charge on any atom is 0.127 e. The third kappa shape index (κ3) is 3.06. The highest BCUT2D eigenvalue weighted by Crippen LogP contribution is 2.19. The second-order valence-electron chi connectivity index (χ2n) is 4.67. The lowest BCUT2D eigenvalue weighted by Gasteiger charge is -2.15. The molecule has 96 valence electrons. The summed E-state index contributed by atoms with van der Waals surface area (Å²) in [4.78, 5) is 0. The van der Waals surface area contributed by atoms with Crippen molar-refractivity contribution in [2.45, 2.75) is 26.0 Å². The predicted octanol–water partition coefficient (Wildman–Crippen LogP) is 2.21. The van der Waals surface area contributed by atoms with Crippen LogP contribution in [0.3, 0.4) is 0 Å². The molecule has 1 aliphatic rings. The molecule has 1 aliphatic heterocycles. The number of rotatable bonds is 4. The second kappa shape index (κ2) is 5.94. The van der Waals surface area contributed by atoms with Gasteiger partial charge in [0.05, 0.1) is 17.7 Å². The van der Waals surface area contributed by atoms with Crippen LogP contribution in [0, 0.1) is 23.1 Å². The molecule has 0 radical (unpaired) electrons. The highest BCUT2D eigenvalue weighted by molar-refractivity contribution is 5.33. The first-order valence-electron chi connectivity index (χ1n) is 6.21. The van der Waals surface area contributed by atoms with Crippen LogP contribution in [-0.2, 0) is 11.3 Å². The van der Waals surface area contributed by atoms with Gasteiger partial charge in [-0.15, -0.1) is 0 Å². The lowest BCUT2D eigenvalue weighted by molar-refractivity contribution is 0.105. The standard InChI is InChI=1S/C14H17FN2O/c1-10-12(4-5-18-10)8-17-9-13-6-11(7-16)2-3-14(13)15/h2-3,6,10,12,17H,4-5,8-9H2,1H3. The van der Waals surface area contributed by atoms with Crippen molar-refractivity contribution in [1.29, 1.82) is 5.26 Å². The number of hydrogen-bond donors (Lipinski definition) is 1. The van der Waals surface area contributed by atoms with Gasteiger partial charge in [0.15, 0.2) is 0 Å². The van der Waals surface area contributed by atoms with E-state index in [4.69, 9.17) is 10.00 Å². The van der Waals surface area contributed by atoms with E-state index >= 15 is 0 Å². The van der Waals surface area contributed by atoms with Gasteiger partial charge in [-0.25, -0.2) is 4.39 Å². The molecule has 1 fully saturated rings. The first-order chi connectivity index (χ1) is 8.70. The Bertz CT molecular complexity index is 456. The minimum atomic E-state index is -0.266. The van der Waals surface area contributed by atoms with E-state index in [0.29, 0.717) is 23.6 Å². The van der Waals surface area contributed by atoms with Crippen molar-refractivity contribution in [1.82, 2.24) is 5.32 Å². The quantitative estimate of drug-likeness (QED) is 0.888. The van der Waals surface area contributed by atoms with Crippen LogP contribution in [0.2, 0.25) is 0 Å². The van der Waals surface area contributed by atoms with Crippen molar-refractivity contribution in [3.8, 4) is 6.07 Å². The lowest BCUT2D eigenvalue weighted by Crippen LogP contribution is -2.27. The van der Waals surface area contributed by atoms with Crippen LogP contribution in [-0.4, -0.2) is 19.3 Å². The zero-order chi connectivity index (χ0) is 13.0. The Morgan fingerprint density at radius 2 is 2.39 bits per heavy atom. The third-order valence-electron chi connectivity index (χ3n) is 3.43. The van der Waals surface area contributed by atoms with Gasteiger partial charge in [-0.2, -0.15) is 5.26 Å². The zero-order valence-electron chi connectivity index (χ0n) is 10.4. The number of nitriles is 1. The van der Waals surface area contributed by atoms with Gasteiger partial charge in [0, 0.05) is 25.3 Å². The molecule has 4 heteroatoms. The molecule has 0 spiro atoms. The number of hydrogen-bond acceptors (Lipinski definition) is 3. The number of benzene rings is 1. The number of nitrogens with one attached hydrogen (secondary N) is 1. The van der Waals surface area contributed by atoms with Crippen molar-refractivity contribution in [3.63, 3.8) is 0 Å². The van der Waals surface area contributed by atoms with Crippen LogP contribution < -0.4 is 5.32 Å². The molecule has 1 N–H and O–H groups in total. The summed E-state index contributed by atoms with van der Waals surface area (Å²) in [5, 5.41) is 12.0. The van der Waals surface area contributed by atoms with Crippen molar-refractivity contribution in [2.75, 3.05) is 13.2 Å². The highest BCUT2D eigenvalue weighted by atomic mass is 19.1. The van der Waals surface area contributed by atoms with Gasteiger partial charge in [0.25, 0.3) is 0 Å². The molecule has 2 rings (SSSR count). The molecular weight excluding hydrogens is 231 g/mol. The largest absolute Gasteiger partial charge is 0.378 e. The molecule has 0 saturated carbocycles. The van der Waals surface area contributed by atoms with E-state index in [1.807, 2.05) is 6.07 Å². The van der Waals surface area contributed by atoms with Gasteiger partial charge < -0.3 is 10.1 Å². The average molecular weight is 248 g/mol. The van der Waals surface area contributed by atoms with E-state index in [-0.39, 0.29) is 11.9 Å².